The summed E-state index contributed by atoms with van der Waals surface area (Å²) in [4.78, 5) is 7.50. The first-order valence-electron chi connectivity index (χ1n) is 10.4. The second-order valence-corrected chi connectivity index (χ2v) is 7.70. The number of aliphatic hydroxyl groups is 1. The van der Waals surface area contributed by atoms with Crippen molar-refractivity contribution < 1.29 is 5.11 Å². The van der Waals surface area contributed by atoms with Crippen LogP contribution in [-0.4, -0.2) is 28.9 Å². The van der Waals surface area contributed by atoms with E-state index in [2.05, 4.69) is 11.8 Å². The molecule has 2 aliphatic rings. The fraction of sp³-hybridized carbons (Fsp3) is 0.682. The summed E-state index contributed by atoms with van der Waals surface area (Å²) in [5.41, 5.74) is -0.0906. The van der Waals surface area contributed by atoms with Crippen LogP contribution in [0.25, 0.3) is 0 Å². The molecule has 25 heavy (non-hydrogen) atoms. The van der Waals surface area contributed by atoms with E-state index >= 15 is 0 Å². The Balaban J connectivity index is 1.92. The number of aliphatic imine (C=N–C) groups is 1. The largest absolute Gasteiger partial charge is 0.365 e. The number of benzene rings is 1. The molecule has 0 aromatic heterocycles. The lowest BCUT2D eigenvalue weighted by atomic mass is 9.74. The molecule has 2 fully saturated rings. The van der Waals surface area contributed by atoms with Crippen LogP contribution in [0.1, 0.15) is 76.7 Å². The van der Waals surface area contributed by atoms with E-state index in [0.717, 1.165) is 43.8 Å². The number of hydrogen-bond donors (Lipinski definition) is 1. The fourth-order valence-electron chi connectivity index (χ4n) is 4.13. The van der Waals surface area contributed by atoms with Gasteiger partial charge in [-0.25, -0.2) is 4.99 Å². The van der Waals surface area contributed by atoms with E-state index in [1.807, 2.05) is 30.3 Å². The molecule has 0 amide bonds. The fourth-order valence-corrected chi connectivity index (χ4v) is 4.13. The average Bonchev–Trinajstić information content (AvgIpc) is 2.59. The van der Waals surface area contributed by atoms with Gasteiger partial charge in [-0.1, -0.05) is 62.4 Å². The first-order chi connectivity index (χ1) is 12.2. The van der Waals surface area contributed by atoms with Crippen LogP contribution in [0.15, 0.2) is 35.3 Å². The predicted octanol–water partition coefficient (Wildman–Crippen LogP) is 5.10. The van der Waals surface area contributed by atoms with Gasteiger partial charge in [0.1, 0.15) is 5.84 Å². The molecule has 1 unspecified atom stereocenters. The maximum absolute atomic E-state index is 11.6. The van der Waals surface area contributed by atoms with Crippen molar-refractivity contribution in [2.45, 2.75) is 76.9 Å². The van der Waals surface area contributed by atoms with E-state index in [1.54, 1.807) is 0 Å². The van der Waals surface area contributed by atoms with Crippen molar-refractivity contribution in [2.75, 3.05) is 13.1 Å². The molecule has 1 saturated heterocycles. The van der Waals surface area contributed by atoms with Gasteiger partial charge in [0.25, 0.3) is 0 Å². The second-order valence-electron chi connectivity index (χ2n) is 7.70. The average molecular weight is 343 g/mol. The highest BCUT2D eigenvalue weighted by atomic mass is 16.3. The van der Waals surface area contributed by atoms with Gasteiger partial charge in [-0.2, -0.15) is 0 Å². The van der Waals surface area contributed by atoms with E-state index in [0.29, 0.717) is 0 Å². The Kier molecular flexibility index (Phi) is 6.52. The quantitative estimate of drug-likeness (QED) is 0.826. The Morgan fingerprint density at radius 1 is 1.00 bits per heavy atom. The van der Waals surface area contributed by atoms with Gasteiger partial charge in [-0.3, -0.25) is 0 Å². The van der Waals surface area contributed by atoms with Gasteiger partial charge in [0, 0.05) is 31.0 Å². The normalized spacial score (nSPS) is 24.6. The molecule has 1 heterocycles. The SMILES string of the molecule is CCN1CCCCCCCCC1=NC(O)(c1ccccc1)C1CCC1. The number of amidine groups is 1. The lowest BCUT2D eigenvalue weighted by molar-refractivity contribution is -0.0497. The van der Waals surface area contributed by atoms with Crippen molar-refractivity contribution in [3.8, 4) is 0 Å². The van der Waals surface area contributed by atoms with Gasteiger partial charge in [-0.05, 0) is 32.6 Å². The third-order valence-corrected chi connectivity index (χ3v) is 6.00. The summed E-state index contributed by atoms with van der Waals surface area (Å²) < 4.78 is 0. The van der Waals surface area contributed by atoms with Crippen LogP contribution in [0.3, 0.4) is 0 Å². The van der Waals surface area contributed by atoms with Crippen molar-refractivity contribution in [1.82, 2.24) is 4.90 Å². The van der Waals surface area contributed by atoms with E-state index in [9.17, 15) is 5.11 Å². The summed E-state index contributed by atoms with van der Waals surface area (Å²) in [5.74, 6) is 1.39. The highest BCUT2D eigenvalue weighted by Crippen LogP contribution is 2.43. The van der Waals surface area contributed by atoms with Crippen LogP contribution in [0.5, 0.6) is 0 Å². The minimum absolute atomic E-state index is 0.261. The molecule has 1 aromatic carbocycles. The monoisotopic (exact) mass is 342 g/mol. The summed E-state index contributed by atoms with van der Waals surface area (Å²) in [6, 6.07) is 10.1. The zero-order valence-corrected chi connectivity index (χ0v) is 15.8. The minimum atomic E-state index is -1.05. The van der Waals surface area contributed by atoms with Crippen LogP contribution < -0.4 is 0 Å². The molecular weight excluding hydrogens is 308 g/mol. The summed E-state index contributed by atoms with van der Waals surface area (Å²) >= 11 is 0. The van der Waals surface area contributed by atoms with Crippen LogP contribution in [0, 0.1) is 5.92 Å². The van der Waals surface area contributed by atoms with Gasteiger partial charge >= 0.3 is 0 Å². The van der Waals surface area contributed by atoms with Gasteiger partial charge in [0.05, 0.1) is 0 Å². The summed E-state index contributed by atoms with van der Waals surface area (Å²) in [5, 5.41) is 11.6. The highest BCUT2D eigenvalue weighted by Gasteiger charge is 2.42. The molecule has 1 aliphatic heterocycles. The van der Waals surface area contributed by atoms with E-state index in [1.165, 1.54) is 44.9 Å². The number of nitrogens with zero attached hydrogens (tertiary/aromatic N) is 2. The number of rotatable bonds is 4. The molecule has 1 aliphatic carbocycles. The van der Waals surface area contributed by atoms with Crippen molar-refractivity contribution in [1.29, 1.82) is 0 Å². The Morgan fingerprint density at radius 3 is 2.32 bits per heavy atom. The summed E-state index contributed by atoms with van der Waals surface area (Å²) in [6.45, 7) is 4.27. The Hall–Kier alpha value is -1.35. The molecule has 1 aromatic rings. The molecular formula is C22H34N2O. The number of hydrogen-bond acceptors (Lipinski definition) is 2. The highest BCUT2D eigenvalue weighted by molar-refractivity contribution is 5.82. The molecule has 1 saturated carbocycles. The zero-order valence-electron chi connectivity index (χ0n) is 15.8. The molecule has 0 spiro atoms. The topological polar surface area (TPSA) is 35.8 Å². The molecule has 3 nitrogen and oxygen atoms in total. The van der Waals surface area contributed by atoms with Gasteiger partial charge in [0.15, 0.2) is 5.72 Å². The summed E-state index contributed by atoms with van der Waals surface area (Å²) in [7, 11) is 0. The Morgan fingerprint density at radius 2 is 1.68 bits per heavy atom. The standard InChI is InChI=1S/C22H34N2O/c1-2-24-18-11-6-4-3-5-10-17-21(24)23-22(25,20-15-12-16-20)19-13-8-7-9-14-19/h7-9,13-14,20,25H,2-6,10-12,15-18H2,1H3. The second kappa shape index (κ2) is 8.84. The molecule has 1 atom stereocenters. The molecule has 1 N–H and O–H groups in total. The van der Waals surface area contributed by atoms with Crippen molar-refractivity contribution in [2.24, 2.45) is 10.9 Å². The van der Waals surface area contributed by atoms with Gasteiger partial charge < -0.3 is 10.0 Å². The smallest absolute Gasteiger partial charge is 0.187 e. The molecule has 0 bridgehead atoms. The summed E-state index contributed by atoms with van der Waals surface area (Å²) in [6.07, 6.45) is 12.1. The van der Waals surface area contributed by atoms with Crippen molar-refractivity contribution >= 4 is 5.84 Å². The van der Waals surface area contributed by atoms with Crippen molar-refractivity contribution in [3.63, 3.8) is 0 Å². The van der Waals surface area contributed by atoms with Crippen LogP contribution >= 0.6 is 0 Å². The van der Waals surface area contributed by atoms with Crippen LogP contribution in [0.2, 0.25) is 0 Å². The van der Waals surface area contributed by atoms with E-state index < -0.39 is 5.72 Å². The predicted molar refractivity (Wildman–Crippen MR) is 105 cm³/mol. The van der Waals surface area contributed by atoms with Crippen molar-refractivity contribution in [3.05, 3.63) is 35.9 Å². The molecule has 138 valence electrons. The minimum Gasteiger partial charge on any atom is -0.365 e. The van der Waals surface area contributed by atoms with Gasteiger partial charge in [0.2, 0.25) is 0 Å². The Bertz CT molecular complexity index is 552. The first-order valence-corrected chi connectivity index (χ1v) is 10.4. The third kappa shape index (κ3) is 4.44. The first kappa shape index (κ1) is 18.4. The van der Waals surface area contributed by atoms with Crippen LogP contribution in [-0.2, 0) is 5.72 Å². The lowest BCUT2D eigenvalue weighted by Crippen LogP contribution is -2.41. The zero-order chi connectivity index (χ0) is 17.5. The Labute approximate surface area is 153 Å². The van der Waals surface area contributed by atoms with E-state index in [4.69, 9.17) is 4.99 Å². The molecule has 0 radical (unpaired) electrons. The third-order valence-electron chi connectivity index (χ3n) is 6.00. The van der Waals surface area contributed by atoms with Crippen LogP contribution in [0.4, 0.5) is 0 Å². The maximum Gasteiger partial charge on any atom is 0.187 e. The molecule has 3 rings (SSSR count). The molecule has 3 heteroatoms. The van der Waals surface area contributed by atoms with E-state index in [-0.39, 0.29) is 5.92 Å². The maximum atomic E-state index is 11.6. The van der Waals surface area contributed by atoms with Gasteiger partial charge in [-0.15, -0.1) is 0 Å². The lowest BCUT2D eigenvalue weighted by Gasteiger charge is -2.40.